The van der Waals surface area contributed by atoms with Gasteiger partial charge in [-0.25, -0.2) is 24.3 Å². The van der Waals surface area contributed by atoms with Crippen molar-refractivity contribution in [2.45, 2.75) is 25.2 Å². The lowest BCUT2D eigenvalue weighted by atomic mass is 9.79. The predicted molar refractivity (Wildman–Crippen MR) is 130 cm³/mol. The lowest BCUT2D eigenvalue weighted by Crippen LogP contribution is -2.44. The molecule has 0 spiro atoms. The van der Waals surface area contributed by atoms with Gasteiger partial charge in [-0.2, -0.15) is 0 Å². The van der Waals surface area contributed by atoms with Crippen LogP contribution < -0.4 is 15.5 Å². The molecule has 2 N–H and O–H groups in total. The molecule has 1 aliphatic carbocycles. The van der Waals surface area contributed by atoms with Crippen LogP contribution in [0.2, 0.25) is 0 Å². The van der Waals surface area contributed by atoms with Crippen molar-refractivity contribution in [3.05, 3.63) is 60.4 Å². The zero-order valence-corrected chi connectivity index (χ0v) is 18.7. The second-order valence-electron chi connectivity index (χ2n) is 8.77. The lowest BCUT2D eigenvalue weighted by Gasteiger charge is -2.32. The quantitative estimate of drug-likeness (QED) is 0.465. The van der Waals surface area contributed by atoms with E-state index in [0.717, 1.165) is 48.5 Å². The summed E-state index contributed by atoms with van der Waals surface area (Å²) in [5.41, 5.74) is 2.94. The molecule has 1 saturated carbocycles. The first-order valence-electron chi connectivity index (χ1n) is 11.7. The van der Waals surface area contributed by atoms with Gasteiger partial charge in [0.15, 0.2) is 5.82 Å². The number of nitrogens with one attached hydrogen (secondary N) is 2. The zero-order valence-electron chi connectivity index (χ0n) is 18.7. The molecule has 5 heterocycles. The van der Waals surface area contributed by atoms with Gasteiger partial charge in [0.25, 0.3) is 0 Å². The molecule has 2 aliphatic rings. The number of aromatic nitrogens is 5. The van der Waals surface area contributed by atoms with Gasteiger partial charge in [0.1, 0.15) is 23.3 Å². The number of piperazine rings is 1. The molecule has 6 rings (SSSR count). The van der Waals surface area contributed by atoms with Gasteiger partial charge in [-0.3, -0.25) is 4.98 Å². The molecule has 34 heavy (non-hydrogen) atoms. The number of rotatable bonds is 5. The van der Waals surface area contributed by atoms with Gasteiger partial charge in [0.05, 0.1) is 11.7 Å². The van der Waals surface area contributed by atoms with Crippen molar-refractivity contribution in [1.82, 2.24) is 30.2 Å². The number of halogens is 1. The number of fused-ring (bicyclic) bond motifs is 1. The van der Waals surface area contributed by atoms with Gasteiger partial charge in [-0.05, 0) is 42.5 Å². The normalized spacial score (nSPS) is 16.4. The first kappa shape index (κ1) is 20.9. The number of hydrogen-bond acceptors (Lipinski definition) is 8. The largest absolute Gasteiger partial charge is 0.353 e. The molecule has 0 atom stereocenters. The minimum absolute atomic E-state index is 0.359. The molecule has 0 amide bonds. The van der Waals surface area contributed by atoms with Crippen molar-refractivity contribution in [2.24, 2.45) is 0 Å². The second kappa shape index (κ2) is 8.90. The highest BCUT2D eigenvalue weighted by Crippen LogP contribution is 2.42. The van der Waals surface area contributed by atoms with E-state index in [9.17, 15) is 4.39 Å². The average molecular weight is 457 g/mol. The van der Waals surface area contributed by atoms with E-state index in [1.165, 1.54) is 43.2 Å². The first-order chi connectivity index (χ1) is 16.7. The SMILES string of the molecule is Fc1ccnc(Nc2cc(-c3nc(N4CCNCC4)c4c(C5CCC5)cncc4n3)ccn2)c1. The van der Waals surface area contributed by atoms with Crippen LogP contribution in [0, 0.1) is 5.82 Å². The summed E-state index contributed by atoms with van der Waals surface area (Å²) in [6.07, 6.45) is 10.6. The Balaban J connectivity index is 1.44. The molecule has 0 radical (unpaired) electrons. The molecular weight excluding hydrogens is 431 g/mol. The van der Waals surface area contributed by atoms with Crippen LogP contribution in [0.1, 0.15) is 30.7 Å². The van der Waals surface area contributed by atoms with Crippen LogP contribution in [0.15, 0.2) is 49.1 Å². The fourth-order valence-electron chi connectivity index (χ4n) is 4.59. The van der Waals surface area contributed by atoms with E-state index in [-0.39, 0.29) is 5.82 Å². The standard InChI is InChI=1S/C25H25FN8/c26-18-5-7-30-22(13-18)32-21-12-17(4-6-29-21)24-31-20-15-28-14-19(16-2-1-3-16)23(20)25(33-24)34-10-8-27-9-11-34/h4-7,12-16,27H,1-3,8-11H2,(H,29,30,32). The average Bonchev–Trinajstić information content (AvgIpc) is 2.83. The van der Waals surface area contributed by atoms with Crippen LogP contribution >= 0.6 is 0 Å². The van der Waals surface area contributed by atoms with Gasteiger partial charge in [0.2, 0.25) is 0 Å². The number of pyridine rings is 3. The highest BCUT2D eigenvalue weighted by molar-refractivity contribution is 5.94. The topological polar surface area (TPSA) is 91.8 Å². The number of hydrogen-bond donors (Lipinski definition) is 2. The monoisotopic (exact) mass is 456 g/mol. The fraction of sp³-hybridized carbons (Fsp3) is 0.320. The van der Waals surface area contributed by atoms with Crippen molar-refractivity contribution in [1.29, 1.82) is 0 Å². The molecule has 1 saturated heterocycles. The van der Waals surface area contributed by atoms with E-state index >= 15 is 0 Å². The molecule has 2 fully saturated rings. The Morgan fingerprint density at radius 3 is 2.53 bits per heavy atom. The predicted octanol–water partition coefficient (Wildman–Crippen LogP) is 4.04. The minimum atomic E-state index is -0.359. The van der Waals surface area contributed by atoms with Crippen LogP contribution in [0.5, 0.6) is 0 Å². The Labute approximate surface area is 196 Å². The summed E-state index contributed by atoms with van der Waals surface area (Å²) < 4.78 is 13.6. The summed E-state index contributed by atoms with van der Waals surface area (Å²) in [6.45, 7) is 3.64. The Morgan fingerprint density at radius 1 is 0.971 bits per heavy atom. The van der Waals surface area contributed by atoms with Gasteiger partial charge >= 0.3 is 0 Å². The summed E-state index contributed by atoms with van der Waals surface area (Å²) in [7, 11) is 0. The molecule has 1 aliphatic heterocycles. The second-order valence-corrected chi connectivity index (χ2v) is 8.77. The van der Waals surface area contributed by atoms with E-state index in [1.807, 2.05) is 24.5 Å². The minimum Gasteiger partial charge on any atom is -0.353 e. The third-order valence-electron chi connectivity index (χ3n) is 6.57. The van der Waals surface area contributed by atoms with Crippen molar-refractivity contribution < 1.29 is 4.39 Å². The van der Waals surface area contributed by atoms with Gasteiger partial charge in [-0.1, -0.05) is 6.42 Å². The Hall–Kier alpha value is -3.72. The van der Waals surface area contributed by atoms with E-state index < -0.39 is 0 Å². The molecule has 4 aromatic rings. The van der Waals surface area contributed by atoms with Crippen LogP contribution in [-0.4, -0.2) is 51.1 Å². The van der Waals surface area contributed by atoms with Crippen LogP contribution in [0.4, 0.5) is 21.8 Å². The van der Waals surface area contributed by atoms with E-state index in [1.54, 1.807) is 6.20 Å². The Kier molecular flexibility index (Phi) is 5.46. The third-order valence-corrected chi connectivity index (χ3v) is 6.57. The fourth-order valence-corrected chi connectivity index (χ4v) is 4.59. The highest BCUT2D eigenvalue weighted by Gasteiger charge is 2.26. The molecule has 172 valence electrons. The Morgan fingerprint density at radius 2 is 1.76 bits per heavy atom. The molecule has 0 unspecified atom stereocenters. The van der Waals surface area contributed by atoms with Crippen LogP contribution in [0.3, 0.4) is 0 Å². The van der Waals surface area contributed by atoms with Gasteiger partial charge < -0.3 is 15.5 Å². The summed E-state index contributed by atoms with van der Waals surface area (Å²) in [5, 5.41) is 7.61. The zero-order chi connectivity index (χ0) is 22.9. The molecule has 9 heteroatoms. The summed E-state index contributed by atoms with van der Waals surface area (Å²) in [4.78, 5) is 25.4. The maximum absolute atomic E-state index is 13.6. The van der Waals surface area contributed by atoms with E-state index in [4.69, 9.17) is 9.97 Å². The first-order valence-corrected chi connectivity index (χ1v) is 11.7. The van der Waals surface area contributed by atoms with Crippen LogP contribution in [-0.2, 0) is 0 Å². The van der Waals surface area contributed by atoms with Crippen molar-refractivity contribution in [3.63, 3.8) is 0 Å². The van der Waals surface area contributed by atoms with Crippen molar-refractivity contribution >= 4 is 28.4 Å². The van der Waals surface area contributed by atoms with Crippen LogP contribution in [0.25, 0.3) is 22.3 Å². The number of anilines is 3. The van der Waals surface area contributed by atoms with Crippen molar-refractivity contribution in [3.8, 4) is 11.4 Å². The molecule has 8 nitrogen and oxygen atoms in total. The molecule has 0 bridgehead atoms. The Bertz CT molecular complexity index is 1330. The van der Waals surface area contributed by atoms with E-state index in [2.05, 4.69) is 30.5 Å². The molecule has 0 aromatic carbocycles. The van der Waals surface area contributed by atoms with Gasteiger partial charge in [0, 0.05) is 61.8 Å². The maximum Gasteiger partial charge on any atom is 0.162 e. The van der Waals surface area contributed by atoms with Crippen molar-refractivity contribution in [2.75, 3.05) is 36.4 Å². The number of nitrogens with zero attached hydrogens (tertiary/aromatic N) is 6. The summed E-state index contributed by atoms with van der Waals surface area (Å²) in [6, 6.07) is 6.38. The third kappa shape index (κ3) is 4.03. The maximum atomic E-state index is 13.6. The smallest absolute Gasteiger partial charge is 0.162 e. The van der Waals surface area contributed by atoms with Gasteiger partial charge in [-0.15, -0.1) is 0 Å². The summed E-state index contributed by atoms with van der Waals surface area (Å²) >= 11 is 0. The molecule has 4 aromatic heterocycles. The van der Waals surface area contributed by atoms with E-state index in [0.29, 0.717) is 23.4 Å². The summed E-state index contributed by atoms with van der Waals surface area (Å²) in [5.74, 6) is 2.70. The highest BCUT2D eigenvalue weighted by atomic mass is 19.1. The molecular formula is C25H25FN8. The lowest BCUT2D eigenvalue weighted by molar-refractivity contribution is 0.421.